The number of hydrogen-bond donors (Lipinski definition) is 0. The molecule has 1 aliphatic rings. The van der Waals surface area contributed by atoms with Crippen LogP contribution in [0.15, 0.2) is 35.7 Å². The van der Waals surface area contributed by atoms with Gasteiger partial charge in [-0.15, -0.1) is 11.3 Å². The first-order valence-electron chi connectivity index (χ1n) is 6.71. The predicted molar refractivity (Wildman–Crippen MR) is 82.8 cm³/mol. The number of nitriles is 1. The predicted octanol–water partition coefficient (Wildman–Crippen LogP) is 4.44. The van der Waals surface area contributed by atoms with Crippen LogP contribution in [0, 0.1) is 11.3 Å². The van der Waals surface area contributed by atoms with E-state index in [1.807, 2.05) is 12.1 Å². The number of hydrogen-bond acceptors (Lipinski definition) is 3. The standard InChI is InChI=1S/C16H15ClN2S/c17-16-8-12(9-18)3-4-13(16)10-19(14-5-6-14)11-15-2-1-7-20-15/h1-4,7-8,14H,5-6,10-11H2. The molecule has 1 saturated carbocycles. The SMILES string of the molecule is N#Cc1ccc(CN(Cc2cccs2)C2CC2)c(Cl)c1. The minimum atomic E-state index is 0.620. The molecule has 1 fully saturated rings. The van der Waals surface area contributed by atoms with Crippen molar-refractivity contribution in [2.24, 2.45) is 0 Å². The van der Waals surface area contributed by atoms with Crippen LogP contribution in [-0.2, 0) is 13.1 Å². The van der Waals surface area contributed by atoms with Crippen LogP contribution in [0.4, 0.5) is 0 Å². The molecule has 1 aliphatic carbocycles. The summed E-state index contributed by atoms with van der Waals surface area (Å²) in [4.78, 5) is 3.88. The smallest absolute Gasteiger partial charge is 0.0992 e. The molecule has 1 aromatic carbocycles. The summed E-state index contributed by atoms with van der Waals surface area (Å²) in [7, 11) is 0. The fourth-order valence-electron chi connectivity index (χ4n) is 2.32. The molecule has 0 unspecified atom stereocenters. The second-order valence-corrected chi connectivity index (χ2v) is 6.57. The average molecular weight is 303 g/mol. The first kappa shape index (κ1) is 13.6. The molecule has 1 heterocycles. The van der Waals surface area contributed by atoms with E-state index in [4.69, 9.17) is 16.9 Å². The van der Waals surface area contributed by atoms with E-state index in [1.54, 1.807) is 17.4 Å². The number of rotatable bonds is 5. The van der Waals surface area contributed by atoms with Crippen LogP contribution in [0.25, 0.3) is 0 Å². The van der Waals surface area contributed by atoms with Gasteiger partial charge in [-0.05, 0) is 42.0 Å². The van der Waals surface area contributed by atoms with E-state index in [0.717, 1.165) is 18.7 Å². The van der Waals surface area contributed by atoms with Gasteiger partial charge in [0.05, 0.1) is 11.6 Å². The minimum absolute atomic E-state index is 0.620. The van der Waals surface area contributed by atoms with Gasteiger partial charge in [-0.25, -0.2) is 0 Å². The van der Waals surface area contributed by atoms with Crippen LogP contribution >= 0.6 is 22.9 Å². The van der Waals surface area contributed by atoms with Crippen molar-refractivity contribution in [3.05, 3.63) is 56.7 Å². The zero-order valence-corrected chi connectivity index (χ0v) is 12.6. The van der Waals surface area contributed by atoms with Gasteiger partial charge in [-0.2, -0.15) is 5.26 Å². The summed E-state index contributed by atoms with van der Waals surface area (Å²) in [6.45, 7) is 1.84. The van der Waals surface area contributed by atoms with Crippen molar-refractivity contribution in [3.8, 4) is 6.07 Å². The molecule has 20 heavy (non-hydrogen) atoms. The lowest BCUT2D eigenvalue weighted by molar-refractivity contribution is 0.248. The Morgan fingerprint density at radius 3 is 2.75 bits per heavy atom. The van der Waals surface area contributed by atoms with E-state index < -0.39 is 0 Å². The van der Waals surface area contributed by atoms with E-state index in [2.05, 4.69) is 28.5 Å². The number of benzene rings is 1. The molecule has 0 amide bonds. The monoisotopic (exact) mass is 302 g/mol. The molecular formula is C16H15ClN2S. The molecule has 0 saturated heterocycles. The molecule has 1 aromatic heterocycles. The first-order chi connectivity index (χ1) is 9.76. The van der Waals surface area contributed by atoms with E-state index in [0.29, 0.717) is 16.6 Å². The molecule has 0 aliphatic heterocycles. The second kappa shape index (κ2) is 5.97. The molecule has 4 heteroatoms. The summed E-state index contributed by atoms with van der Waals surface area (Å²) in [6.07, 6.45) is 2.55. The third kappa shape index (κ3) is 3.21. The summed E-state index contributed by atoms with van der Waals surface area (Å²) >= 11 is 8.08. The van der Waals surface area contributed by atoms with Crippen LogP contribution in [0.2, 0.25) is 5.02 Å². The zero-order valence-electron chi connectivity index (χ0n) is 11.1. The molecule has 0 bridgehead atoms. The summed E-state index contributed by atoms with van der Waals surface area (Å²) in [6, 6.07) is 12.7. The summed E-state index contributed by atoms with van der Waals surface area (Å²) in [5.41, 5.74) is 1.73. The molecule has 0 atom stereocenters. The largest absolute Gasteiger partial charge is 0.291 e. The first-order valence-corrected chi connectivity index (χ1v) is 7.97. The van der Waals surface area contributed by atoms with Crippen molar-refractivity contribution in [1.29, 1.82) is 5.26 Å². The Balaban J connectivity index is 1.75. The van der Waals surface area contributed by atoms with E-state index in [9.17, 15) is 0 Å². The summed E-state index contributed by atoms with van der Waals surface area (Å²) in [5, 5.41) is 11.7. The van der Waals surface area contributed by atoms with Gasteiger partial charge in [-0.3, -0.25) is 4.90 Å². The quantitative estimate of drug-likeness (QED) is 0.816. The summed E-state index contributed by atoms with van der Waals surface area (Å²) < 4.78 is 0. The van der Waals surface area contributed by atoms with E-state index in [1.165, 1.54) is 17.7 Å². The molecule has 0 radical (unpaired) electrons. The Kier molecular flexibility index (Phi) is 4.07. The van der Waals surface area contributed by atoms with E-state index >= 15 is 0 Å². The van der Waals surface area contributed by atoms with Crippen LogP contribution in [0.3, 0.4) is 0 Å². The van der Waals surface area contributed by atoms with Gasteiger partial charge < -0.3 is 0 Å². The maximum absolute atomic E-state index is 8.89. The van der Waals surface area contributed by atoms with Crippen molar-refractivity contribution in [3.63, 3.8) is 0 Å². The maximum Gasteiger partial charge on any atom is 0.0992 e. The van der Waals surface area contributed by atoms with Gasteiger partial charge in [0.1, 0.15) is 0 Å². The van der Waals surface area contributed by atoms with Crippen LogP contribution < -0.4 is 0 Å². The normalized spacial score (nSPS) is 14.4. The lowest BCUT2D eigenvalue weighted by atomic mass is 10.1. The molecule has 2 nitrogen and oxygen atoms in total. The maximum atomic E-state index is 8.89. The Morgan fingerprint density at radius 1 is 1.30 bits per heavy atom. The van der Waals surface area contributed by atoms with Crippen molar-refractivity contribution in [1.82, 2.24) is 4.90 Å². The van der Waals surface area contributed by atoms with Crippen molar-refractivity contribution >= 4 is 22.9 Å². The third-order valence-corrected chi connectivity index (χ3v) is 4.77. The highest BCUT2D eigenvalue weighted by atomic mass is 35.5. The Labute approximate surface area is 128 Å². The minimum Gasteiger partial charge on any atom is -0.291 e. The van der Waals surface area contributed by atoms with Crippen molar-refractivity contribution in [2.45, 2.75) is 32.0 Å². The fourth-order valence-corrected chi connectivity index (χ4v) is 3.29. The van der Waals surface area contributed by atoms with E-state index in [-0.39, 0.29) is 0 Å². The molecule has 0 spiro atoms. The van der Waals surface area contributed by atoms with Gasteiger partial charge in [0.15, 0.2) is 0 Å². The van der Waals surface area contributed by atoms with Gasteiger partial charge in [0, 0.05) is 29.0 Å². The number of nitrogens with zero attached hydrogens (tertiary/aromatic N) is 2. The Morgan fingerprint density at radius 2 is 2.15 bits per heavy atom. The second-order valence-electron chi connectivity index (χ2n) is 5.13. The number of thiophene rings is 1. The molecule has 102 valence electrons. The lowest BCUT2D eigenvalue weighted by Crippen LogP contribution is -2.24. The number of halogens is 1. The van der Waals surface area contributed by atoms with Crippen LogP contribution in [0.5, 0.6) is 0 Å². The molecule has 0 N–H and O–H groups in total. The van der Waals surface area contributed by atoms with Gasteiger partial charge in [0.25, 0.3) is 0 Å². The highest BCUT2D eigenvalue weighted by molar-refractivity contribution is 7.09. The summed E-state index contributed by atoms with van der Waals surface area (Å²) in [5.74, 6) is 0. The molecule has 2 aromatic rings. The molecular weight excluding hydrogens is 288 g/mol. The molecule has 3 rings (SSSR count). The topological polar surface area (TPSA) is 27.0 Å². The van der Waals surface area contributed by atoms with Crippen molar-refractivity contribution < 1.29 is 0 Å². The van der Waals surface area contributed by atoms with Crippen molar-refractivity contribution in [2.75, 3.05) is 0 Å². The van der Waals surface area contributed by atoms with Gasteiger partial charge >= 0.3 is 0 Å². The fraction of sp³-hybridized carbons (Fsp3) is 0.312. The lowest BCUT2D eigenvalue weighted by Gasteiger charge is -2.22. The van der Waals surface area contributed by atoms with Crippen LogP contribution in [0.1, 0.15) is 28.8 Å². The zero-order chi connectivity index (χ0) is 13.9. The van der Waals surface area contributed by atoms with Gasteiger partial charge in [0.2, 0.25) is 0 Å². The van der Waals surface area contributed by atoms with Gasteiger partial charge in [-0.1, -0.05) is 23.7 Å². The highest BCUT2D eigenvalue weighted by Crippen LogP contribution is 2.32. The highest BCUT2D eigenvalue weighted by Gasteiger charge is 2.29. The third-order valence-electron chi connectivity index (χ3n) is 3.56. The average Bonchev–Trinajstić information content (AvgIpc) is 3.18. The van der Waals surface area contributed by atoms with Crippen LogP contribution in [-0.4, -0.2) is 10.9 Å². The Bertz CT molecular complexity index is 626. The Hall–Kier alpha value is -1.34.